The highest BCUT2D eigenvalue weighted by atomic mass is 28.3. The highest BCUT2D eigenvalue weighted by Crippen LogP contribution is 2.37. The van der Waals surface area contributed by atoms with Crippen LogP contribution in [0.1, 0.15) is 35.2 Å². The van der Waals surface area contributed by atoms with E-state index < -0.39 is 19.8 Å². The van der Waals surface area contributed by atoms with Crippen LogP contribution in [-0.2, 0) is 30.7 Å². The number of rotatable bonds is 9. The van der Waals surface area contributed by atoms with E-state index in [0.29, 0.717) is 49.6 Å². The number of para-hydroxylation sites is 1. The Labute approximate surface area is 251 Å². The van der Waals surface area contributed by atoms with Crippen LogP contribution in [0.2, 0.25) is 25.7 Å². The average molecular weight is 618 g/mol. The maximum atomic E-state index is 14.6. The Balaban J connectivity index is 1.39. The monoisotopic (exact) mass is 617 g/mol. The fraction of sp³-hybridized carbons (Fsp3) is 0.484. The lowest BCUT2D eigenvalue weighted by Gasteiger charge is -2.43. The molecular weight excluding hydrogens is 578 g/mol. The van der Waals surface area contributed by atoms with Crippen molar-refractivity contribution in [3.05, 3.63) is 76.9 Å². The molecule has 3 heterocycles. The molecule has 12 heteroatoms. The van der Waals surface area contributed by atoms with Gasteiger partial charge in [0.25, 0.3) is 0 Å². The number of carbonyl (C=O) groups is 1. The number of aromatic nitrogens is 2. The first-order chi connectivity index (χ1) is 20.3. The number of amides is 2. The van der Waals surface area contributed by atoms with E-state index in [4.69, 9.17) is 9.84 Å². The predicted octanol–water partition coefficient (Wildman–Crippen LogP) is 7.27. The molecule has 0 spiro atoms. The third-order valence-electron chi connectivity index (χ3n) is 8.18. The summed E-state index contributed by atoms with van der Waals surface area (Å²) in [5.41, 5.74) is 1.78. The van der Waals surface area contributed by atoms with Crippen molar-refractivity contribution in [2.24, 2.45) is 0 Å². The van der Waals surface area contributed by atoms with Crippen LogP contribution in [0.25, 0.3) is 0 Å². The molecular formula is C31H39F4N5O2Si. The van der Waals surface area contributed by atoms with Crippen molar-refractivity contribution < 1.29 is 27.1 Å². The summed E-state index contributed by atoms with van der Waals surface area (Å²) in [5, 5.41) is 4.70. The summed E-state index contributed by atoms with van der Waals surface area (Å²) in [6.07, 6.45) is -1.66. The van der Waals surface area contributed by atoms with Crippen LogP contribution in [0.15, 0.2) is 48.7 Å². The Bertz CT molecular complexity index is 1430. The molecule has 0 saturated carbocycles. The predicted molar refractivity (Wildman–Crippen MR) is 161 cm³/mol. The van der Waals surface area contributed by atoms with Crippen molar-refractivity contribution in [2.45, 2.75) is 77.5 Å². The number of anilines is 2. The Kier molecular flexibility index (Phi) is 8.89. The van der Waals surface area contributed by atoms with E-state index in [2.05, 4.69) is 19.6 Å². The summed E-state index contributed by atoms with van der Waals surface area (Å²) in [5.74, 6) is -0.274. The van der Waals surface area contributed by atoms with E-state index in [1.54, 1.807) is 27.9 Å². The Hall–Kier alpha value is -3.38. The van der Waals surface area contributed by atoms with Gasteiger partial charge < -0.3 is 14.5 Å². The quantitative estimate of drug-likeness (QED) is 0.144. The van der Waals surface area contributed by atoms with E-state index >= 15 is 0 Å². The lowest BCUT2D eigenvalue weighted by atomic mass is 10.00. The standard InChI is InChI=1S/C31H39F4N5O2Si/c1-22-8-7-11-26(32)29(22)37-14-12-24(13-15-37)39-19-27-28(20-38(36-27)21-42-16-17-43(2,3)4)40(30(39)41)18-23-9-5-6-10-25(23)31(33,34)35/h5-11,20,24H,12-19,21H2,1-4H3. The molecule has 7 nitrogen and oxygen atoms in total. The van der Waals surface area contributed by atoms with Gasteiger partial charge >= 0.3 is 12.2 Å². The number of urea groups is 1. The third-order valence-corrected chi connectivity index (χ3v) is 9.89. The lowest BCUT2D eigenvalue weighted by molar-refractivity contribution is -0.138. The fourth-order valence-corrected chi connectivity index (χ4v) is 6.60. The smallest absolute Gasteiger partial charge is 0.369 e. The van der Waals surface area contributed by atoms with Gasteiger partial charge in [-0.15, -0.1) is 0 Å². The van der Waals surface area contributed by atoms with Crippen LogP contribution in [0.4, 0.5) is 33.7 Å². The normalized spacial score (nSPS) is 16.7. The summed E-state index contributed by atoms with van der Waals surface area (Å²) >= 11 is 0. The number of alkyl halides is 3. The molecule has 0 unspecified atom stereocenters. The van der Waals surface area contributed by atoms with Crippen molar-refractivity contribution in [1.82, 2.24) is 14.7 Å². The van der Waals surface area contributed by atoms with Crippen molar-refractivity contribution in [3.63, 3.8) is 0 Å². The van der Waals surface area contributed by atoms with E-state index in [0.717, 1.165) is 17.7 Å². The number of hydrogen-bond acceptors (Lipinski definition) is 4. The van der Waals surface area contributed by atoms with Gasteiger partial charge in [0.1, 0.15) is 18.2 Å². The zero-order chi connectivity index (χ0) is 30.9. The first kappa shape index (κ1) is 31.1. The molecule has 43 heavy (non-hydrogen) atoms. The molecule has 0 atom stereocenters. The average Bonchev–Trinajstić information content (AvgIpc) is 3.35. The summed E-state index contributed by atoms with van der Waals surface area (Å²) in [6.45, 7) is 10.6. The summed E-state index contributed by atoms with van der Waals surface area (Å²) in [6, 6.07) is 10.8. The van der Waals surface area contributed by atoms with Crippen LogP contribution in [0.3, 0.4) is 0 Å². The number of piperidine rings is 1. The highest BCUT2D eigenvalue weighted by molar-refractivity contribution is 6.76. The summed E-state index contributed by atoms with van der Waals surface area (Å²) in [7, 11) is -1.28. The molecule has 2 aliphatic rings. The molecule has 2 amide bonds. The summed E-state index contributed by atoms with van der Waals surface area (Å²) < 4.78 is 63.8. The van der Waals surface area contributed by atoms with Crippen LogP contribution in [0.5, 0.6) is 0 Å². The SMILES string of the molecule is Cc1cccc(F)c1N1CCC(N2Cc3nn(COCC[Si](C)(C)C)cc3N(Cc3ccccc3C(F)(F)F)C2=O)CC1. The molecule has 2 aromatic carbocycles. The number of benzene rings is 2. The Morgan fingerprint density at radius 3 is 2.44 bits per heavy atom. The Morgan fingerprint density at radius 2 is 1.77 bits per heavy atom. The lowest BCUT2D eigenvalue weighted by Crippen LogP contribution is -2.54. The van der Waals surface area contributed by atoms with Gasteiger partial charge in [-0.05, 0) is 49.1 Å². The molecule has 5 rings (SSSR count). The van der Waals surface area contributed by atoms with Crippen LogP contribution >= 0.6 is 0 Å². The molecule has 0 radical (unpaired) electrons. The van der Waals surface area contributed by atoms with Crippen LogP contribution in [0, 0.1) is 12.7 Å². The van der Waals surface area contributed by atoms with Crippen molar-refractivity contribution in [1.29, 1.82) is 0 Å². The van der Waals surface area contributed by atoms with Crippen molar-refractivity contribution >= 4 is 25.5 Å². The van der Waals surface area contributed by atoms with E-state index in [1.165, 1.54) is 23.1 Å². The molecule has 0 N–H and O–H groups in total. The summed E-state index contributed by atoms with van der Waals surface area (Å²) in [4.78, 5) is 19.2. The second-order valence-electron chi connectivity index (χ2n) is 12.6. The third kappa shape index (κ3) is 7.06. The maximum Gasteiger partial charge on any atom is 0.416 e. The van der Waals surface area contributed by atoms with Gasteiger partial charge in [0.15, 0.2) is 0 Å². The number of aryl methyl sites for hydroxylation is 1. The minimum Gasteiger partial charge on any atom is -0.369 e. The molecule has 0 bridgehead atoms. The van der Waals surface area contributed by atoms with E-state index in [1.807, 2.05) is 17.9 Å². The van der Waals surface area contributed by atoms with Crippen molar-refractivity contribution in [3.8, 4) is 0 Å². The topological polar surface area (TPSA) is 53.8 Å². The zero-order valence-electron chi connectivity index (χ0n) is 25.1. The first-order valence-corrected chi connectivity index (χ1v) is 18.4. The number of nitrogens with zero attached hydrogens (tertiary/aromatic N) is 5. The zero-order valence-corrected chi connectivity index (χ0v) is 26.1. The largest absolute Gasteiger partial charge is 0.416 e. The first-order valence-electron chi connectivity index (χ1n) is 14.7. The van der Waals surface area contributed by atoms with Gasteiger partial charge in [0.05, 0.1) is 36.2 Å². The van der Waals surface area contributed by atoms with Crippen molar-refractivity contribution in [2.75, 3.05) is 29.5 Å². The number of hydrogen-bond donors (Lipinski definition) is 0. The van der Waals surface area contributed by atoms with Gasteiger partial charge in [0, 0.05) is 33.8 Å². The van der Waals surface area contributed by atoms with Gasteiger partial charge in [-0.25, -0.2) is 13.9 Å². The fourth-order valence-electron chi connectivity index (χ4n) is 5.85. The van der Waals surface area contributed by atoms with Crippen LogP contribution in [-0.4, -0.2) is 54.5 Å². The second kappa shape index (κ2) is 12.3. The van der Waals surface area contributed by atoms with Gasteiger partial charge in [-0.1, -0.05) is 50.0 Å². The van der Waals surface area contributed by atoms with Gasteiger partial charge in [-0.3, -0.25) is 4.90 Å². The van der Waals surface area contributed by atoms with E-state index in [9.17, 15) is 22.4 Å². The molecule has 1 fully saturated rings. The molecule has 1 saturated heterocycles. The van der Waals surface area contributed by atoms with Gasteiger partial charge in [-0.2, -0.15) is 18.3 Å². The molecule has 1 aromatic heterocycles. The van der Waals surface area contributed by atoms with Crippen LogP contribution < -0.4 is 9.80 Å². The second-order valence-corrected chi connectivity index (χ2v) is 18.2. The van der Waals surface area contributed by atoms with E-state index in [-0.39, 0.29) is 43.3 Å². The maximum absolute atomic E-state index is 14.6. The molecule has 232 valence electrons. The van der Waals surface area contributed by atoms with Gasteiger partial charge in [0.2, 0.25) is 0 Å². The number of fused-ring (bicyclic) bond motifs is 1. The number of carbonyl (C=O) groups excluding carboxylic acids is 1. The Morgan fingerprint density at radius 1 is 1.05 bits per heavy atom. The molecule has 3 aromatic rings. The number of halogens is 4. The number of ether oxygens (including phenoxy) is 1. The highest BCUT2D eigenvalue weighted by Gasteiger charge is 2.40. The minimum atomic E-state index is -4.55. The molecule has 0 aliphatic carbocycles. The molecule has 2 aliphatic heterocycles. The minimum absolute atomic E-state index is 0.0140.